The zero-order valence-corrected chi connectivity index (χ0v) is 17.2. The molecule has 0 bridgehead atoms. The number of aryl methyl sites for hydroxylation is 1. The molecule has 1 aliphatic heterocycles. The molecule has 1 aromatic carbocycles. The first-order valence-corrected chi connectivity index (χ1v) is 10.1. The van der Waals surface area contributed by atoms with Gasteiger partial charge in [-0.05, 0) is 67.9 Å². The number of rotatable bonds is 7. The number of ketones is 1. The summed E-state index contributed by atoms with van der Waals surface area (Å²) in [4.78, 5) is 21.8. The van der Waals surface area contributed by atoms with E-state index < -0.39 is 0 Å². The number of likely N-dealkylation sites (tertiary alicyclic amines) is 1. The second-order valence-electron chi connectivity index (χ2n) is 7.48. The van der Waals surface area contributed by atoms with Crippen molar-refractivity contribution >= 4 is 22.9 Å². The Morgan fingerprint density at radius 1 is 1.38 bits per heavy atom. The zero-order chi connectivity index (χ0) is 20.8. The number of H-pyrrole nitrogens is 1. The zero-order valence-electron chi connectivity index (χ0n) is 17.2. The minimum atomic E-state index is -0.324. The highest BCUT2D eigenvalue weighted by molar-refractivity contribution is 6.21. The van der Waals surface area contributed by atoms with Crippen LogP contribution in [0, 0.1) is 12.0 Å². The van der Waals surface area contributed by atoms with Crippen molar-refractivity contribution in [2.45, 2.75) is 38.5 Å². The number of aliphatic imine (C=N–C) groups is 1. The van der Waals surface area contributed by atoms with Crippen LogP contribution in [-0.2, 0) is 6.42 Å². The molecule has 1 aromatic heterocycles. The van der Waals surface area contributed by atoms with Gasteiger partial charge in [0.05, 0.1) is 12.4 Å². The lowest BCUT2D eigenvalue weighted by Crippen LogP contribution is -2.29. The van der Waals surface area contributed by atoms with E-state index in [9.17, 15) is 9.18 Å². The van der Waals surface area contributed by atoms with Gasteiger partial charge in [0.1, 0.15) is 0 Å². The molecule has 29 heavy (non-hydrogen) atoms. The highest BCUT2D eigenvalue weighted by Gasteiger charge is 2.23. The number of fused-ring (bicyclic) bond motifs is 1. The fraction of sp³-hybridized carbons (Fsp3) is 0.417. The summed E-state index contributed by atoms with van der Waals surface area (Å²) in [5.41, 5.74) is 4.24. The Morgan fingerprint density at radius 3 is 2.79 bits per heavy atom. The Kier molecular flexibility index (Phi) is 6.87. The molecule has 152 valence electrons. The maximum atomic E-state index is 12.9. The number of aromatic amines is 1. The number of nitrogens with zero attached hydrogens (tertiary/aromatic N) is 2. The maximum Gasteiger partial charge on any atom is 0.210 e. The molecule has 0 spiro atoms. The van der Waals surface area contributed by atoms with Gasteiger partial charge in [0.2, 0.25) is 5.78 Å². The summed E-state index contributed by atoms with van der Waals surface area (Å²) in [7, 11) is 1.62. The number of alkyl halides is 1. The third-order valence-electron chi connectivity index (χ3n) is 5.49. The third-order valence-corrected chi connectivity index (χ3v) is 5.49. The second-order valence-corrected chi connectivity index (χ2v) is 7.48. The Hall–Kier alpha value is -2.87. The van der Waals surface area contributed by atoms with Crippen LogP contribution in [0.2, 0.25) is 0 Å². The number of carbonyl (C=O) groups is 1. The summed E-state index contributed by atoms with van der Waals surface area (Å²) in [5.74, 6) is 3.23. The molecular weight excluding hydrogens is 365 g/mol. The Bertz CT molecular complexity index is 985. The molecule has 0 amide bonds. The van der Waals surface area contributed by atoms with E-state index in [1.807, 2.05) is 13.0 Å². The molecular formula is C24H28FN3O. The van der Waals surface area contributed by atoms with E-state index in [0.717, 1.165) is 36.8 Å². The summed E-state index contributed by atoms with van der Waals surface area (Å²) in [6.45, 7) is 7.21. The molecule has 0 atom stereocenters. The predicted octanol–water partition coefficient (Wildman–Crippen LogP) is 4.67. The SMILES string of the molecule is C=C(C=NC)C(=O)c1cc2cc(CCCF)c(C3CCN(C#CC)CC3)cc2[nH]1. The number of hydrogen-bond donors (Lipinski definition) is 1. The quantitative estimate of drug-likeness (QED) is 0.322. The van der Waals surface area contributed by atoms with E-state index in [-0.39, 0.29) is 12.5 Å². The minimum Gasteiger partial charge on any atom is -0.352 e. The lowest BCUT2D eigenvalue weighted by atomic mass is 9.85. The number of benzene rings is 1. The normalized spacial score (nSPS) is 14.9. The standard InChI is InChI=1S/C24H28FN3O/c1-4-10-28-11-7-18(8-12-28)21-15-22-20(13-19(21)6-5-9-25)14-23(27-22)24(29)17(2)16-26-3/h13-16,18,27H,2,5-9,11-12H2,1,3H3. The number of hydrogen-bond acceptors (Lipinski definition) is 3. The van der Waals surface area contributed by atoms with Crippen LogP contribution < -0.4 is 0 Å². The molecule has 0 unspecified atom stereocenters. The van der Waals surface area contributed by atoms with E-state index in [0.29, 0.717) is 30.0 Å². The van der Waals surface area contributed by atoms with Gasteiger partial charge in [0, 0.05) is 48.9 Å². The van der Waals surface area contributed by atoms with Gasteiger partial charge in [0.15, 0.2) is 0 Å². The third kappa shape index (κ3) is 4.76. The molecule has 1 fully saturated rings. The average Bonchev–Trinajstić information content (AvgIpc) is 3.15. The molecule has 0 aliphatic carbocycles. The molecule has 0 saturated carbocycles. The van der Waals surface area contributed by atoms with E-state index in [1.54, 1.807) is 7.05 Å². The maximum absolute atomic E-state index is 12.9. The minimum absolute atomic E-state index is 0.162. The van der Waals surface area contributed by atoms with Gasteiger partial charge in [-0.1, -0.05) is 12.5 Å². The van der Waals surface area contributed by atoms with Gasteiger partial charge in [-0.3, -0.25) is 14.2 Å². The number of piperidine rings is 1. The van der Waals surface area contributed by atoms with Crippen molar-refractivity contribution in [2.75, 3.05) is 26.8 Å². The van der Waals surface area contributed by atoms with Crippen LogP contribution in [-0.4, -0.2) is 48.7 Å². The van der Waals surface area contributed by atoms with Gasteiger partial charge in [-0.15, -0.1) is 0 Å². The number of aromatic nitrogens is 1. The first-order valence-electron chi connectivity index (χ1n) is 10.1. The Morgan fingerprint density at radius 2 is 2.14 bits per heavy atom. The van der Waals surface area contributed by atoms with Crippen LogP contribution in [0.1, 0.15) is 53.7 Å². The van der Waals surface area contributed by atoms with Gasteiger partial charge < -0.3 is 9.88 Å². The molecule has 2 aromatic rings. The Labute approximate surface area is 171 Å². The Balaban J connectivity index is 1.94. The van der Waals surface area contributed by atoms with E-state index in [4.69, 9.17) is 0 Å². The van der Waals surface area contributed by atoms with Crippen LogP contribution in [0.3, 0.4) is 0 Å². The molecule has 1 aliphatic rings. The number of halogens is 1. The molecule has 2 heterocycles. The van der Waals surface area contributed by atoms with Crippen molar-refractivity contribution in [2.24, 2.45) is 4.99 Å². The molecule has 1 saturated heterocycles. The number of nitrogens with one attached hydrogen (secondary N) is 1. The highest BCUT2D eigenvalue weighted by atomic mass is 19.1. The lowest BCUT2D eigenvalue weighted by molar-refractivity contribution is 0.103. The largest absolute Gasteiger partial charge is 0.352 e. The van der Waals surface area contributed by atoms with Crippen molar-refractivity contribution in [3.05, 3.63) is 47.2 Å². The van der Waals surface area contributed by atoms with Crippen LogP contribution in [0.25, 0.3) is 10.9 Å². The first kappa shape index (κ1) is 20.9. The van der Waals surface area contributed by atoms with Crippen LogP contribution in [0.15, 0.2) is 35.3 Å². The summed E-state index contributed by atoms with van der Waals surface area (Å²) in [6.07, 6.45) is 4.75. The van der Waals surface area contributed by atoms with Crippen LogP contribution >= 0.6 is 0 Å². The van der Waals surface area contributed by atoms with Gasteiger partial charge in [-0.25, -0.2) is 0 Å². The fourth-order valence-corrected chi connectivity index (χ4v) is 4.07. The second kappa shape index (κ2) is 9.56. The summed E-state index contributed by atoms with van der Waals surface area (Å²) in [6, 6.07) is 9.27. The molecule has 4 nitrogen and oxygen atoms in total. The predicted molar refractivity (Wildman–Crippen MR) is 117 cm³/mol. The number of carbonyl (C=O) groups excluding carboxylic acids is 1. The van der Waals surface area contributed by atoms with Crippen molar-refractivity contribution in [1.82, 2.24) is 9.88 Å². The molecule has 0 radical (unpaired) electrons. The van der Waals surface area contributed by atoms with Crippen molar-refractivity contribution in [3.63, 3.8) is 0 Å². The summed E-state index contributed by atoms with van der Waals surface area (Å²) in [5, 5.41) is 0.974. The number of Topliss-reactive ketones (excluding diaryl/α,β-unsaturated/α-hetero) is 1. The van der Waals surface area contributed by atoms with Gasteiger partial charge in [0.25, 0.3) is 0 Å². The van der Waals surface area contributed by atoms with E-state index >= 15 is 0 Å². The lowest BCUT2D eigenvalue weighted by Gasteiger charge is -2.31. The summed E-state index contributed by atoms with van der Waals surface area (Å²) < 4.78 is 12.9. The average molecular weight is 394 g/mol. The fourth-order valence-electron chi connectivity index (χ4n) is 4.07. The first-order chi connectivity index (χ1) is 14.1. The van der Waals surface area contributed by atoms with E-state index in [2.05, 4.69) is 45.6 Å². The molecule has 1 N–H and O–H groups in total. The van der Waals surface area contributed by atoms with Crippen molar-refractivity contribution in [1.29, 1.82) is 0 Å². The van der Waals surface area contributed by atoms with Crippen LogP contribution in [0.5, 0.6) is 0 Å². The monoisotopic (exact) mass is 393 g/mol. The van der Waals surface area contributed by atoms with Crippen LogP contribution in [0.4, 0.5) is 4.39 Å². The van der Waals surface area contributed by atoms with Crippen molar-refractivity contribution in [3.8, 4) is 12.0 Å². The molecule has 5 heteroatoms. The topological polar surface area (TPSA) is 48.5 Å². The van der Waals surface area contributed by atoms with Gasteiger partial charge in [-0.2, -0.15) is 0 Å². The highest BCUT2D eigenvalue weighted by Crippen LogP contribution is 2.34. The number of allylic oxidation sites excluding steroid dienone is 1. The van der Waals surface area contributed by atoms with E-state index in [1.165, 1.54) is 17.3 Å². The van der Waals surface area contributed by atoms with Gasteiger partial charge >= 0.3 is 0 Å². The summed E-state index contributed by atoms with van der Waals surface area (Å²) >= 11 is 0. The molecule has 3 rings (SSSR count). The van der Waals surface area contributed by atoms with Crippen molar-refractivity contribution < 1.29 is 9.18 Å². The smallest absolute Gasteiger partial charge is 0.210 e.